The number of hydrogen-bond donors (Lipinski definition) is 1. The van der Waals surface area contributed by atoms with Gasteiger partial charge in [-0.3, -0.25) is 4.90 Å². The average Bonchev–Trinajstić information content (AvgIpc) is 2.59. The van der Waals surface area contributed by atoms with Gasteiger partial charge in [-0.15, -0.1) is 0 Å². The van der Waals surface area contributed by atoms with Crippen LogP contribution in [0, 0.1) is 0 Å². The molecule has 3 rings (SSSR count). The van der Waals surface area contributed by atoms with E-state index in [1.54, 1.807) is 0 Å². The van der Waals surface area contributed by atoms with Crippen LogP contribution in [-0.4, -0.2) is 41.9 Å². The molecule has 1 fully saturated rings. The fraction of sp³-hybridized carbons (Fsp3) is 0.400. The summed E-state index contributed by atoms with van der Waals surface area (Å²) in [6, 6.07) is 21.0. The maximum Gasteiger partial charge on any atom is 0.0879 e. The molecule has 0 saturated carbocycles. The number of nitrogens with zero attached hydrogens (tertiary/aromatic N) is 1. The Morgan fingerprint density at radius 3 is 2.26 bits per heavy atom. The zero-order chi connectivity index (χ0) is 15.9. The Kier molecular flexibility index (Phi) is 5.81. The number of aryl methyl sites for hydroxylation is 1. The molecule has 2 atom stereocenters. The van der Waals surface area contributed by atoms with Crippen LogP contribution in [0.5, 0.6) is 0 Å². The van der Waals surface area contributed by atoms with Crippen molar-refractivity contribution in [3.8, 4) is 0 Å². The predicted octanol–water partition coefficient (Wildman–Crippen LogP) is 2.88. The standard InChI is InChI=1S/C20H25NO2/c22-16-19-20(15-21(19)14-18-10-5-2-6-11-18)23-13-7-12-17-8-3-1-4-9-17/h1-6,8-11,19-20,22H,7,12-16H2/t19-,20-/m1/s1. The first-order valence-electron chi connectivity index (χ1n) is 8.41. The summed E-state index contributed by atoms with van der Waals surface area (Å²) < 4.78 is 5.97. The third-order valence-electron chi connectivity index (χ3n) is 4.51. The van der Waals surface area contributed by atoms with Crippen molar-refractivity contribution in [2.45, 2.75) is 31.5 Å². The van der Waals surface area contributed by atoms with Crippen LogP contribution < -0.4 is 0 Å². The average molecular weight is 311 g/mol. The lowest BCUT2D eigenvalue weighted by molar-refractivity contribution is -0.123. The van der Waals surface area contributed by atoms with Crippen LogP contribution in [0.3, 0.4) is 0 Å². The van der Waals surface area contributed by atoms with Gasteiger partial charge >= 0.3 is 0 Å². The van der Waals surface area contributed by atoms with Crippen LogP contribution in [0.4, 0.5) is 0 Å². The molecule has 1 aliphatic heterocycles. The van der Waals surface area contributed by atoms with Crippen molar-refractivity contribution in [3.05, 3.63) is 71.8 Å². The van der Waals surface area contributed by atoms with Crippen molar-refractivity contribution >= 4 is 0 Å². The molecular formula is C20H25NO2. The van der Waals surface area contributed by atoms with E-state index in [0.717, 1.165) is 32.5 Å². The molecule has 0 spiro atoms. The second-order valence-corrected chi connectivity index (χ2v) is 6.16. The smallest absolute Gasteiger partial charge is 0.0879 e. The minimum absolute atomic E-state index is 0.131. The molecular weight excluding hydrogens is 286 g/mol. The van der Waals surface area contributed by atoms with Gasteiger partial charge in [-0.2, -0.15) is 0 Å². The monoisotopic (exact) mass is 311 g/mol. The lowest BCUT2D eigenvalue weighted by Crippen LogP contribution is -2.62. The van der Waals surface area contributed by atoms with E-state index in [1.165, 1.54) is 11.1 Å². The third-order valence-corrected chi connectivity index (χ3v) is 4.51. The molecule has 1 heterocycles. The maximum atomic E-state index is 9.62. The molecule has 0 aliphatic carbocycles. The summed E-state index contributed by atoms with van der Waals surface area (Å²) in [4.78, 5) is 2.29. The summed E-state index contributed by atoms with van der Waals surface area (Å²) >= 11 is 0. The first-order valence-corrected chi connectivity index (χ1v) is 8.41. The van der Waals surface area contributed by atoms with Gasteiger partial charge in [-0.25, -0.2) is 0 Å². The zero-order valence-electron chi connectivity index (χ0n) is 13.5. The van der Waals surface area contributed by atoms with Crippen LogP contribution >= 0.6 is 0 Å². The topological polar surface area (TPSA) is 32.7 Å². The van der Waals surface area contributed by atoms with E-state index in [-0.39, 0.29) is 18.8 Å². The summed E-state index contributed by atoms with van der Waals surface area (Å²) in [6.07, 6.45) is 2.24. The molecule has 122 valence electrons. The summed E-state index contributed by atoms with van der Waals surface area (Å²) in [7, 11) is 0. The highest BCUT2D eigenvalue weighted by Gasteiger charge is 2.38. The highest BCUT2D eigenvalue weighted by molar-refractivity contribution is 5.16. The Bertz CT molecular complexity index is 573. The zero-order valence-corrected chi connectivity index (χ0v) is 13.5. The molecule has 0 amide bonds. The molecule has 0 unspecified atom stereocenters. The van der Waals surface area contributed by atoms with Gasteiger partial charge in [-0.1, -0.05) is 60.7 Å². The Morgan fingerprint density at radius 1 is 0.957 bits per heavy atom. The van der Waals surface area contributed by atoms with E-state index < -0.39 is 0 Å². The molecule has 2 aromatic rings. The highest BCUT2D eigenvalue weighted by Crippen LogP contribution is 2.23. The number of ether oxygens (including phenoxy) is 1. The molecule has 1 N–H and O–H groups in total. The fourth-order valence-electron chi connectivity index (χ4n) is 3.14. The van der Waals surface area contributed by atoms with E-state index in [1.807, 2.05) is 12.1 Å². The van der Waals surface area contributed by atoms with Crippen LogP contribution in [0.15, 0.2) is 60.7 Å². The van der Waals surface area contributed by atoms with Crippen molar-refractivity contribution in [3.63, 3.8) is 0 Å². The first kappa shape index (κ1) is 16.2. The second-order valence-electron chi connectivity index (χ2n) is 6.16. The van der Waals surface area contributed by atoms with Gasteiger partial charge in [0.25, 0.3) is 0 Å². The van der Waals surface area contributed by atoms with E-state index in [4.69, 9.17) is 4.74 Å². The first-order chi connectivity index (χ1) is 11.4. The van der Waals surface area contributed by atoms with Crippen molar-refractivity contribution in [1.29, 1.82) is 0 Å². The lowest BCUT2D eigenvalue weighted by Gasteiger charge is -2.47. The SMILES string of the molecule is OC[C@@H]1[C@H](OCCCc2ccccc2)CN1Cc1ccccc1. The Balaban J connectivity index is 1.38. The Labute approximate surface area is 138 Å². The van der Waals surface area contributed by atoms with Gasteiger partial charge in [0, 0.05) is 19.7 Å². The number of benzene rings is 2. The van der Waals surface area contributed by atoms with Crippen molar-refractivity contribution in [2.75, 3.05) is 19.8 Å². The Hall–Kier alpha value is -1.68. The summed E-state index contributed by atoms with van der Waals surface area (Å²) in [6.45, 7) is 2.72. The van der Waals surface area contributed by atoms with Gasteiger partial charge in [0.05, 0.1) is 18.8 Å². The minimum Gasteiger partial charge on any atom is -0.395 e. The Morgan fingerprint density at radius 2 is 1.61 bits per heavy atom. The van der Waals surface area contributed by atoms with Crippen LogP contribution in [0.25, 0.3) is 0 Å². The number of likely N-dealkylation sites (tertiary alicyclic amines) is 1. The minimum atomic E-state index is 0.131. The molecule has 23 heavy (non-hydrogen) atoms. The number of hydrogen-bond acceptors (Lipinski definition) is 3. The molecule has 3 nitrogen and oxygen atoms in total. The number of aliphatic hydroxyl groups excluding tert-OH is 1. The summed E-state index contributed by atoms with van der Waals surface area (Å²) in [5, 5.41) is 9.62. The number of rotatable bonds is 8. The molecule has 0 radical (unpaired) electrons. The second kappa shape index (κ2) is 8.25. The predicted molar refractivity (Wildman–Crippen MR) is 92.2 cm³/mol. The normalized spacial score (nSPS) is 21.1. The van der Waals surface area contributed by atoms with Gasteiger partial charge in [0.2, 0.25) is 0 Å². The largest absolute Gasteiger partial charge is 0.395 e. The molecule has 2 aromatic carbocycles. The van der Waals surface area contributed by atoms with E-state index in [0.29, 0.717) is 0 Å². The fourth-order valence-corrected chi connectivity index (χ4v) is 3.14. The lowest BCUT2D eigenvalue weighted by atomic mass is 9.98. The van der Waals surface area contributed by atoms with Crippen LogP contribution in [0.2, 0.25) is 0 Å². The highest BCUT2D eigenvalue weighted by atomic mass is 16.5. The van der Waals surface area contributed by atoms with Crippen molar-refractivity contribution in [2.24, 2.45) is 0 Å². The van der Waals surface area contributed by atoms with E-state index in [9.17, 15) is 5.11 Å². The van der Waals surface area contributed by atoms with Gasteiger partial charge in [0.15, 0.2) is 0 Å². The van der Waals surface area contributed by atoms with E-state index >= 15 is 0 Å². The molecule has 0 aromatic heterocycles. The van der Waals surface area contributed by atoms with Gasteiger partial charge in [-0.05, 0) is 24.0 Å². The summed E-state index contributed by atoms with van der Waals surface area (Å²) in [5.41, 5.74) is 2.64. The van der Waals surface area contributed by atoms with Crippen molar-refractivity contribution < 1.29 is 9.84 Å². The van der Waals surface area contributed by atoms with Gasteiger partial charge in [0.1, 0.15) is 0 Å². The third kappa shape index (κ3) is 4.41. The quantitative estimate of drug-likeness (QED) is 0.761. The summed E-state index contributed by atoms with van der Waals surface area (Å²) in [5.74, 6) is 0. The van der Waals surface area contributed by atoms with Crippen LogP contribution in [-0.2, 0) is 17.7 Å². The van der Waals surface area contributed by atoms with Crippen LogP contribution in [0.1, 0.15) is 17.5 Å². The molecule has 1 aliphatic rings. The van der Waals surface area contributed by atoms with Crippen molar-refractivity contribution in [1.82, 2.24) is 4.90 Å². The maximum absolute atomic E-state index is 9.62. The van der Waals surface area contributed by atoms with Gasteiger partial charge < -0.3 is 9.84 Å². The number of aliphatic hydroxyl groups is 1. The van der Waals surface area contributed by atoms with E-state index in [2.05, 4.69) is 53.4 Å². The molecule has 1 saturated heterocycles. The molecule has 3 heteroatoms. The molecule has 0 bridgehead atoms.